The Morgan fingerprint density at radius 2 is 1.64 bits per heavy atom. The molecule has 28 heavy (non-hydrogen) atoms. The number of hydrogen-bond acceptors (Lipinski definition) is 3. The van der Waals surface area contributed by atoms with Crippen molar-refractivity contribution in [1.29, 1.82) is 0 Å². The van der Waals surface area contributed by atoms with Gasteiger partial charge in [-0.15, -0.1) is 0 Å². The van der Waals surface area contributed by atoms with Gasteiger partial charge in [-0.1, -0.05) is 48.0 Å². The van der Waals surface area contributed by atoms with E-state index in [1.807, 2.05) is 7.05 Å². The van der Waals surface area contributed by atoms with Crippen LogP contribution in [0.5, 0.6) is 0 Å². The van der Waals surface area contributed by atoms with Crippen LogP contribution in [0.1, 0.15) is 27.8 Å². The summed E-state index contributed by atoms with van der Waals surface area (Å²) in [6.45, 7) is 10.5. The van der Waals surface area contributed by atoms with Crippen LogP contribution in [0.15, 0.2) is 47.5 Å². The highest BCUT2D eigenvalue weighted by molar-refractivity contribution is 5.79. The zero-order valence-electron chi connectivity index (χ0n) is 17.3. The van der Waals surface area contributed by atoms with E-state index in [1.54, 1.807) is 0 Å². The number of aryl methyl sites for hydroxylation is 2. The molecule has 0 unspecified atom stereocenters. The molecule has 0 aromatic heterocycles. The lowest BCUT2D eigenvalue weighted by atomic mass is 10.1. The molecule has 1 heterocycles. The number of guanidine groups is 1. The Bertz CT molecular complexity index is 780. The quantitative estimate of drug-likeness (QED) is 0.597. The second-order valence-electron chi connectivity index (χ2n) is 7.41. The Morgan fingerprint density at radius 1 is 0.964 bits per heavy atom. The largest absolute Gasteiger partial charge is 0.379 e. The molecule has 2 aromatic carbocycles. The summed E-state index contributed by atoms with van der Waals surface area (Å²) in [7, 11) is 1.81. The van der Waals surface area contributed by atoms with Gasteiger partial charge >= 0.3 is 0 Å². The molecule has 0 radical (unpaired) electrons. The molecule has 1 saturated heterocycles. The van der Waals surface area contributed by atoms with Crippen LogP contribution in [-0.4, -0.2) is 44.2 Å². The minimum atomic E-state index is 0.754. The molecule has 1 aliphatic heterocycles. The molecule has 3 rings (SSSR count). The van der Waals surface area contributed by atoms with Crippen LogP contribution < -0.4 is 10.6 Å². The lowest BCUT2D eigenvalue weighted by molar-refractivity contribution is 0.0342. The molecule has 1 aliphatic rings. The van der Waals surface area contributed by atoms with Gasteiger partial charge in [0.2, 0.25) is 0 Å². The van der Waals surface area contributed by atoms with E-state index in [2.05, 4.69) is 76.8 Å². The van der Waals surface area contributed by atoms with Gasteiger partial charge in [-0.2, -0.15) is 0 Å². The first kappa shape index (κ1) is 20.4. The van der Waals surface area contributed by atoms with Crippen molar-refractivity contribution in [2.45, 2.75) is 33.5 Å². The molecule has 5 heteroatoms. The monoisotopic (exact) mass is 380 g/mol. The molecule has 150 valence electrons. The summed E-state index contributed by atoms with van der Waals surface area (Å²) >= 11 is 0. The third-order valence-corrected chi connectivity index (χ3v) is 5.16. The first-order chi connectivity index (χ1) is 13.6. The number of nitrogens with one attached hydrogen (secondary N) is 2. The summed E-state index contributed by atoms with van der Waals surface area (Å²) in [6.07, 6.45) is 0. The van der Waals surface area contributed by atoms with Crippen LogP contribution >= 0.6 is 0 Å². The Hall–Kier alpha value is -2.37. The van der Waals surface area contributed by atoms with Gasteiger partial charge in [0.1, 0.15) is 0 Å². The fourth-order valence-electron chi connectivity index (χ4n) is 3.41. The highest BCUT2D eigenvalue weighted by Crippen LogP contribution is 2.11. The number of aliphatic imine (C=N–C) groups is 1. The molecule has 1 fully saturated rings. The van der Waals surface area contributed by atoms with E-state index < -0.39 is 0 Å². The Morgan fingerprint density at radius 3 is 2.32 bits per heavy atom. The minimum absolute atomic E-state index is 0.754. The van der Waals surface area contributed by atoms with Crippen LogP contribution in [0.4, 0.5) is 0 Å². The van der Waals surface area contributed by atoms with Crippen LogP contribution in [0, 0.1) is 13.8 Å². The van der Waals surface area contributed by atoms with Gasteiger partial charge in [0.25, 0.3) is 0 Å². The molecule has 5 nitrogen and oxygen atoms in total. The second kappa shape index (κ2) is 10.2. The number of hydrogen-bond donors (Lipinski definition) is 2. The zero-order valence-corrected chi connectivity index (χ0v) is 17.3. The van der Waals surface area contributed by atoms with Crippen molar-refractivity contribution in [3.05, 3.63) is 70.3 Å². The number of rotatable bonds is 6. The van der Waals surface area contributed by atoms with Gasteiger partial charge in [0, 0.05) is 39.8 Å². The Labute approximate surface area is 168 Å². The topological polar surface area (TPSA) is 48.9 Å². The van der Waals surface area contributed by atoms with Gasteiger partial charge in [0.05, 0.1) is 13.2 Å². The fourth-order valence-corrected chi connectivity index (χ4v) is 3.41. The maximum atomic E-state index is 5.41. The van der Waals surface area contributed by atoms with E-state index in [0.29, 0.717) is 0 Å². The van der Waals surface area contributed by atoms with Crippen molar-refractivity contribution < 1.29 is 4.74 Å². The molecule has 0 spiro atoms. The average Bonchev–Trinajstić information content (AvgIpc) is 2.71. The van der Waals surface area contributed by atoms with Crippen LogP contribution in [0.2, 0.25) is 0 Å². The highest BCUT2D eigenvalue weighted by Gasteiger charge is 2.10. The summed E-state index contributed by atoms with van der Waals surface area (Å²) in [6, 6.07) is 15.4. The number of benzene rings is 2. The van der Waals surface area contributed by atoms with Crippen LogP contribution in [-0.2, 0) is 24.4 Å². The van der Waals surface area contributed by atoms with Crippen molar-refractivity contribution in [1.82, 2.24) is 15.5 Å². The standard InChI is InChI=1S/C23H32N4O/c1-18-4-9-22(19(2)14-18)16-26-23(24-3)25-15-20-5-7-21(8-6-20)17-27-10-12-28-13-11-27/h4-9,14H,10-13,15-17H2,1-3H3,(H2,24,25,26). The first-order valence-electron chi connectivity index (χ1n) is 10.0. The normalized spacial score (nSPS) is 15.5. The maximum absolute atomic E-state index is 5.41. The first-order valence-corrected chi connectivity index (χ1v) is 10.0. The van der Waals surface area contributed by atoms with Crippen LogP contribution in [0.25, 0.3) is 0 Å². The predicted molar refractivity (Wildman–Crippen MR) is 115 cm³/mol. The second-order valence-corrected chi connectivity index (χ2v) is 7.41. The Kier molecular flexibility index (Phi) is 7.46. The summed E-state index contributed by atoms with van der Waals surface area (Å²) in [5.74, 6) is 0.817. The van der Waals surface area contributed by atoms with E-state index in [9.17, 15) is 0 Å². The van der Waals surface area contributed by atoms with E-state index in [1.165, 1.54) is 27.8 Å². The van der Waals surface area contributed by atoms with Gasteiger partial charge in [-0.3, -0.25) is 9.89 Å². The molecule has 2 N–H and O–H groups in total. The number of nitrogens with zero attached hydrogens (tertiary/aromatic N) is 2. The summed E-state index contributed by atoms with van der Waals surface area (Å²) < 4.78 is 5.41. The smallest absolute Gasteiger partial charge is 0.191 e. The molecular formula is C23H32N4O. The third-order valence-electron chi connectivity index (χ3n) is 5.16. The molecule has 2 aromatic rings. The van der Waals surface area contributed by atoms with Gasteiger partial charge in [-0.05, 0) is 36.1 Å². The summed E-state index contributed by atoms with van der Waals surface area (Å²) in [4.78, 5) is 6.78. The molecular weight excluding hydrogens is 348 g/mol. The fraction of sp³-hybridized carbons (Fsp3) is 0.435. The SMILES string of the molecule is CN=C(NCc1ccc(CN2CCOCC2)cc1)NCc1ccc(C)cc1C. The molecule has 0 atom stereocenters. The molecule has 0 bridgehead atoms. The average molecular weight is 381 g/mol. The molecule has 0 saturated carbocycles. The summed E-state index contributed by atoms with van der Waals surface area (Å²) in [5, 5.41) is 6.80. The number of morpholine rings is 1. The van der Waals surface area contributed by atoms with Crippen molar-refractivity contribution in [2.24, 2.45) is 4.99 Å². The Balaban J connectivity index is 1.46. The predicted octanol–water partition coefficient (Wildman–Crippen LogP) is 3.00. The lowest BCUT2D eigenvalue weighted by Gasteiger charge is -2.26. The maximum Gasteiger partial charge on any atom is 0.191 e. The van der Waals surface area contributed by atoms with Crippen molar-refractivity contribution in [3.63, 3.8) is 0 Å². The van der Waals surface area contributed by atoms with Gasteiger partial charge in [-0.25, -0.2) is 0 Å². The van der Waals surface area contributed by atoms with Crippen LogP contribution in [0.3, 0.4) is 0 Å². The van der Waals surface area contributed by atoms with Gasteiger partial charge < -0.3 is 15.4 Å². The zero-order chi connectivity index (χ0) is 19.8. The van der Waals surface area contributed by atoms with E-state index in [-0.39, 0.29) is 0 Å². The summed E-state index contributed by atoms with van der Waals surface area (Å²) in [5.41, 5.74) is 6.49. The van der Waals surface area contributed by atoms with Crippen molar-refractivity contribution >= 4 is 5.96 Å². The highest BCUT2D eigenvalue weighted by atomic mass is 16.5. The van der Waals surface area contributed by atoms with Crippen molar-refractivity contribution in [3.8, 4) is 0 Å². The van der Waals surface area contributed by atoms with Crippen molar-refractivity contribution in [2.75, 3.05) is 33.4 Å². The van der Waals surface area contributed by atoms with E-state index >= 15 is 0 Å². The number of ether oxygens (including phenoxy) is 1. The van der Waals surface area contributed by atoms with Gasteiger partial charge in [0.15, 0.2) is 5.96 Å². The third kappa shape index (κ3) is 6.08. The van der Waals surface area contributed by atoms with E-state index in [4.69, 9.17) is 4.74 Å². The lowest BCUT2D eigenvalue weighted by Crippen LogP contribution is -2.36. The van der Waals surface area contributed by atoms with E-state index in [0.717, 1.165) is 51.9 Å². The molecule has 0 aliphatic carbocycles. The molecule has 0 amide bonds. The minimum Gasteiger partial charge on any atom is -0.379 e.